The molecule has 0 bridgehead atoms. The molecule has 5 rings (SSSR count). The molecule has 0 unspecified atom stereocenters. The van der Waals surface area contributed by atoms with Crippen LogP contribution in [0.4, 0.5) is 5.69 Å². The number of hydrogen-bond donors (Lipinski definition) is 0. The Hall–Kier alpha value is -2.09. The first kappa shape index (κ1) is 18.0. The van der Waals surface area contributed by atoms with Crippen LogP contribution in [0.25, 0.3) is 0 Å². The number of hydrogen-bond acceptors (Lipinski definition) is 2. The number of fused-ring (bicyclic) bond motifs is 4. The van der Waals surface area contributed by atoms with Gasteiger partial charge in [0.25, 0.3) is 0 Å². The van der Waals surface area contributed by atoms with E-state index >= 15 is 0 Å². The van der Waals surface area contributed by atoms with E-state index in [1.54, 1.807) is 11.1 Å². The molecule has 3 atom stereocenters. The topological polar surface area (TPSA) is 20.3 Å². The maximum atomic E-state index is 11.9. The standard InChI is InChI=1S/C26H31NO/c1-27(2)20-8-5-18(6-9-20)17-26-14-3-4-25(26)24-11-7-19-16-21(28)10-12-22(19)23(24)13-15-26/h3,5-6,8-9,14,16,24-25H,4,7,10-13,15,17H2,1-2H3/t24-,25+,26+/m1/s1. The molecule has 0 saturated heterocycles. The van der Waals surface area contributed by atoms with Crippen LogP contribution in [0.3, 0.4) is 0 Å². The molecule has 0 aliphatic heterocycles. The minimum Gasteiger partial charge on any atom is -0.378 e. The van der Waals surface area contributed by atoms with Gasteiger partial charge in [0.15, 0.2) is 5.78 Å². The highest BCUT2D eigenvalue weighted by Gasteiger charge is 2.49. The summed E-state index contributed by atoms with van der Waals surface area (Å²) >= 11 is 0. The Morgan fingerprint density at radius 2 is 1.89 bits per heavy atom. The van der Waals surface area contributed by atoms with Crippen LogP contribution in [-0.4, -0.2) is 19.9 Å². The fraction of sp³-hybridized carbons (Fsp3) is 0.500. The lowest BCUT2D eigenvalue weighted by Gasteiger charge is -2.48. The minimum atomic E-state index is 0.333. The van der Waals surface area contributed by atoms with Gasteiger partial charge in [0.05, 0.1) is 0 Å². The van der Waals surface area contributed by atoms with Crippen LogP contribution < -0.4 is 4.90 Å². The number of allylic oxidation sites excluding steroid dienone is 6. The predicted octanol–water partition coefficient (Wildman–Crippen LogP) is 5.65. The maximum absolute atomic E-state index is 11.9. The average Bonchev–Trinajstić information content (AvgIpc) is 3.11. The third-order valence-corrected chi connectivity index (χ3v) is 7.81. The van der Waals surface area contributed by atoms with Crippen molar-refractivity contribution in [2.75, 3.05) is 19.0 Å². The molecule has 1 fully saturated rings. The summed E-state index contributed by atoms with van der Waals surface area (Å²) in [5.74, 6) is 1.81. The Morgan fingerprint density at radius 3 is 2.68 bits per heavy atom. The highest BCUT2D eigenvalue weighted by Crippen LogP contribution is 2.58. The van der Waals surface area contributed by atoms with E-state index in [9.17, 15) is 4.79 Å². The maximum Gasteiger partial charge on any atom is 0.156 e. The molecule has 4 aliphatic rings. The van der Waals surface area contributed by atoms with E-state index in [1.165, 1.54) is 48.9 Å². The zero-order valence-corrected chi connectivity index (χ0v) is 17.2. The summed E-state index contributed by atoms with van der Waals surface area (Å²) in [6.07, 6.45) is 15.9. The Kier molecular flexibility index (Phi) is 4.34. The van der Waals surface area contributed by atoms with Crippen molar-refractivity contribution in [3.05, 3.63) is 64.8 Å². The van der Waals surface area contributed by atoms with Crippen molar-refractivity contribution < 1.29 is 4.79 Å². The zero-order valence-electron chi connectivity index (χ0n) is 17.2. The van der Waals surface area contributed by atoms with Crippen LogP contribution in [0.5, 0.6) is 0 Å². The summed E-state index contributed by atoms with van der Waals surface area (Å²) in [7, 11) is 4.20. The van der Waals surface area contributed by atoms with Crippen molar-refractivity contribution in [2.24, 2.45) is 17.3 Å². The van der Waals surface area contributed by atoms with E-state index in [4.69, 9.17) is 0 Å². The van der Waals surface area contributed by atoms with Crippen LogP contribution in [-0.2, 0) is 11.2 Å². The molecule has 2 heteroatoms. The van der Waals surface area contributed by atoms with Crippen LogP contribution >= 0.6 is 0 Å². The number of anilines is 1. The summed E-state index contributed by atoms with van der Waals surface area (Å²) in [4.78, 5) is 14.0. The Balaban J connectivity index is 1.43. The highest BCUT2D eigenvalue weighted by atomic mass is 16.1. The predicted molar refractivity (Wildman–Crippen MR) is 115 cm³/mol. The number of rotatable bonds is 3. The molecule has 0 spiro atoms. The fourth-order valence-electron chi connectivity index (χ4n) is 6.42. The van der Waals surface area contributed by atoms with E-state index < -0.39 is 0 Å². The average molecular weight is 374 g/mol. The lowest BCUT2D eigenvalue weighted by Crippen LogP contribution is -2.40. The van der Waals surface area contributed by atoms with Gasteiger partial charge in [-0.3, -0.25) is 4.79 Å². The molecule has 0 amide bonds. The second-order valence-electron chi connectivity index (χ2n) is 9.50. The Bertz CT molecular complexity index is 886. The van der Waals surface area contributed by atoms with Crippen molar-refractivity contribution in [3.8, 4) is 0 Å². The van der Waals surface area contributed by atoms with Crippen molar-refractivity contribution in [1.82, 2.24) is 0 Å². The molecule has 146 valence electrons. The molecule has 1 saturated carbocycles. The van der Waals surface area contributed by atoms with Crippen molar-refractivity contribution in [1.29, 1.82) is 0 Å². The van der Waals surface area contributed by atoms with Crippen LogP contribution in [0, 0.1) is 17.3 Å². The van der Waals surface area contributed by atoms with Gasteiger partial charge in [-0.15, -0.1) is 0 Å². The van der Waals surface area contributed by atoms with Crippen molar-refractivity contribution in [2.45, 2.75) is 51.4 Å². The molecular weight excluding hydrogens is 342 g/mol. The van der Waals surface area contributed by atoms with E-state index in [0.717, 1.165) is 31.1 Å². The third kappa shape index (κ3) is 2.89. The van der Waals surface area contributed by atoms with Crippen LogP contribution in [0.1, 0.15) is 50.5 Å². The molecule has 1 aromatic rings. The third-order valence-electron chi connectivity index (χ3n) is 7.81. The summed E-state index contributed by atoms with van der Waals surface area (Å²) in [6.45, 7) is 0. The minimum absolute atomic E-state index is 0.333. The fourth-order valence-corrected chi connectivity index (χ4v) is 6.42. The molecule has 0 heterocycles. The monoisotopic (exact) mass is 373 g/mol. The lowest BCUT2D eigenvalue weighted by molar-refractivity contribution is -0.114. The van der Waals surface area contributed by atoms with Gasteiger partial charge in [0.1, 0.15) is 0 Å². The first-order valence-electron chi connectivity index (χ1n) is 11.0. The highest BCUT2D eigenvalue weighted by molar-refractivity contribution is 5.93. The molecule has 0 N–H and O–H groups in total. The summed E-state index contributed by atoms with van der Waals surface area (Å²) < 4.78 is 0. The van der Waals surface area contributed by atoms with Gasteiger partial charge in [-0.25, -0.2) is 0 Å². The van der Waals surface area contributed by atoms with Gasteiger partial charge < -0.3 is 4.90 Å². The molecule has 28 heavy (non-hydrogen) atoms. The molecule has 0 radical (unpaired) electrons. The second-order valence-corrected chi connectivity index (χ2v) is 9.50. The van der Waals surface area contributed by atoms with Crippen LogP contribution in [0.15, 0.2) is 59.2 Å². The first-order valence-corrected chi connectivity index (χ1v) is 11.0. The van der Waals surface area contributed by atoms with Gasteiger partial charge in [-0.2, -0.15) is 0 Å². The van der Waals surface area contributed by atoms with E-state index in [2.05, 4.69) is 55.4 Å². The molecular formula is C26H31NO. The molecule has 4 aliphatic carbocycles. The summed E-state index contributed by atoms with van der Waals surface area (Å²) in [5.41, 5.74) is 7.75. The number of benzene rings is 1. The van der Waals surface area contributed by atoms with Gasteiger partial charge in [0.2, 0.25) is 0 Å². The summed E-state index contributed by atoms with van der Waals surface area (Å²) in [6, 6.07) is 9.17. The largest absolute Gasteiger partial charge is 0.378 e. The second kappa shape index (κ2) is 6.76. The Labute approximate surface area is 169 Å². The van der Waals surface area contributed by atoms with Gasteiger partial charge in [-0.1, -0.05) is 29.9 Å². The van der Waals surface area contributed by atoms with Crippen molar-refractivity contribution in [3.63, 3.8) is 0 Å². The smallest absolute Gasteiger partial charge is 0.156 e. The number of ketones is 1. The van der Waals surface area contributed by atoms with E-state index in [1.807, 2.05) is 6.08 Å². The quantitative estimate of drug-likeness (QED) is 0.638. The molecule has 2 nitrogen and oxygen atoms in total. The van der Waals surface area contributed by atoms with Crippen LogP contribution in [0.2, 0.25) is 0 Å². The number of nitrogens with zero attached hydrogens (tertiary/aromatic N) is 1. The molecule has 1 aromatic carbocycles. The molecule has 0 aromatic heterocycles. The zero-order chi connectivity index (χ0) is 19.3. The first-order chi connectivity index (χ1) is 13.6. The Morgan fingerprint density at radius 1 is 1.07 bits per heavy atom. The SMILES string of the molecule is CN(C)c1ccc(C[C@@]23C=CC[C@H]2[C@@H]2CCC4=CC(=O)CCC4=C2CC3)cc1. The van der Waals surface area contributed by atoms with Gasteiger partial charge in [-0.05, 0) is 97.1 Å². The number of carbonyl (C=O) groups excluding carboxylic acids is 1. The van der Waals surface area contributed by atoms with E-state index in [-0.39, 0.29) is 0 Å². The van der Waals surface area contributed by atoms with Gasteiger partial charge in [0, 0.05) is 26.2 Å². The normalized spacial score (nSPS) is 31.2. The summed E-state index contributed by atoms with van der Waals surface area (Å²) in [5, 5.41) is 0. The van der Waals surface area contributed by atoms with E-state index in [0.29, 0.717) is 11.2 Å². The van der Waals surface area contributed by atoms with Gasteiger partial charge >= 0.3 is 0 Å². The lowest BCUT2D eigenvalue weighted by atomic mass is 9.55. The number of carbonyl (C=O) groups is 1. The van der Waals surface area contributed by atoms with Crippen molar-refractivity contribution >= 4 is 11.5 Å².